The van der Waals surface area contributed by atoms with Crippen LogP contribution < -0.4 is 0 Å². The molecule has 0 N–H and O–H groups in total. The molecule has 13 nitrogen and oxygen atoms in total. The van der Waals surface area contributed by atoms with Crippen molar-refractivity contribution in [1.82, 2.24) is 63.6 Å². The molecule has 0 fully saturated rings. The quantitative estimate of drug-likeness (QED) is 0.114. The molecule has 0 aliphatic heterocycles. The Morgan fingerprint density at radius 3 is 0.732 bits per heavy atom. The van der Waals surface area contributed by atoms with Crippen molar-refractivity contribution >= 4 is 162 Å². The summed E-state index contributed by atoms with van der Waals surface area (Å²) in [5, 5.41) is 20.9. The van der Waals surface area contributed by atoms with Crippen molar-refractivity contribution < 1.29 is 0 Å². The summed E-state index contributed by atoms with van der Waals surface area (Å²) in [5.74, 6) is 5.81. The van der Waals surface area contributed by atoms with Crippen molar-refractivity contribution in [1.29, 1.82) is 0 Å². The zero-order valence-corrected chi connectivity index (χ0v) is 75.6. The fraction of sp³-hybridized carbons (Fsp3) is 0. The summed E-state index contributed by atoms with van der Waals surface area (Å²) in [5.41, 5.74) is 19.5. The van der Waals surface area contributed by atoms with Crippen molar-refractivity contribution in [3.05, 3.63) is 455 Å². The molecule has 0 aliphatic rings. The van der Waals surface area contributed by atoms with Crippen LogP contribution in [-0.2, 0) is 0 Å². The molecule has 8 heterocycles. The molecule has 0 aliphatic carbocycles. The smallest absolute Gasteiger partial charge is 0.164 e. The third-order valence-electron chi connectivity index (χ3n) is 25.9. The molecule has 138 heavy (non-hydrogen) atoms. The molecule has 0 unspecified atom stereocenters. The largest absolute Gasteiger partial charge is 0.309 e. The highest BCUT2D eigenvalue weighted by Gasteiger charge is 2.23. The lowest BCUT2D eigenvalue weighted by Gasteiger charge is -2.10. The number of para-hydroxylation sites is 2. The van der Waals surface area contributed by atoms with Crippen LogP contribution in [0.4, 0.5) is 0 Å². The van der Waals surface area contributed by atoms with Gasteiger partial charge in [0.15, 0.2) is 52.4 Å². The predicted octanol–water partition coefficient (Wildman–Crippen LogP) is 31.8. The van der Waals surface area contributed by atoms with Crippen LogP contribution in [0.1, 0.15) is 0 Å². The van der Waals surface area contributed by atoms with Gasteiger partial charge in [0.1, 0.15) is 10.0 Å². The number of thiazole rings is 2. The molecule has 28 rings (SSSR count). The standard InChI is InChI=1S/C51H31N5.2C36H22N4S/c1-3-13-32(14-4-1)49-52-50(33-15-5-2-6-16-33)54-51(53-49)36-27-37-31-38(28-36)56-46-22-12-10-20-42(46)44-26-24-35(30-48(44)56)40-18-8-7-17-39(40)34-23-25-43-41-19-9-11-21-45(41)55(37)47(43)29-34;2*1-4-10-24(11-5-1)33-38-34(25-12-6-2-7-13-25)40-35(39-33)28-18-20-29-27(22-28)17-16-23-19-21-30-32(31(23)29)37-36(41-30)26-14-8-3-9-15-26/h1-31H;2*1-22H. The van der Waals surface area contributed by atoms with Crippen LogP contribution in [-0.4, -0.2) is 63.6 Å². The highest BCUT2D eigenvalue weighted by Crippen LogP contribution is 2.44. The SMILES string of the molecule is c1ccc(-c2nc(-c3ccccc3)nc(-c3cc4cc(c3)n3c5ccccc5c5ccc(cc53)c3ccccc3c3ccc5c6ccccc6n4c5c3)n2)cc1.c1ccc(-c2nc(-c3ccccc3)nc(-c3ccc4c(ccc5ccc6sc(-c7ccccc7)nc6c54)c3)n2)cc1.c1ccc(-c2nc(-c3ccccc3)nc(-c3ccc4c(ccc5ccc6sc(-c7ccccc7)nc6c54)c3)n2)cc1. The molecule has 0 saturated heterocycles. The summed E-state index contributed by atoms with van der Waals surface area (Å²) >= 11 is 3.47. The van der Waals surface area contributed by atoms with E-state index < -0.39 is 0 Å². The van der Waals surface area contributed by atoms with E-state index in [1.807, 2.05) is 170 Å². The molecule has 0 spiro atoms. The van der Waals surface area contributed by atoms with Gasteiger partial charge in [-0.2, -0.15) is 0 Å². The van der Waals surface area contributed by atoms with Crippen LogP contribution in [0.2, 0.25) is 0 Å². The first-order valence-corrected chi connectivity index (χ1v) is 47.6. The van der Waals surface area contributed by atoms with Crippen LogP contribution in [0.25, 0.3) is 263 Å². The zero-order valence-electron chi connectivity index (χ0n) is 73.9. The number of benzene rings is 20. The van der Waals surface area contributed by atoms with Crippen LogP contribution >= 0.6 is 22.7 Å². The molecular formula is C123H75N13S2. The number of hydrogen-bond donors (Lipinski definition) is 0. The monoisotopic (exact) mass is 1800 g/mol. The average Bonchev–Trinajstić information content (AvgIpc) is 1.57. The summed E-state index contributed by atoms with van der Waals surface area (Å²) in [4.78, 5) is 55.1. The molecule has 0 saturated carbocycles. The van der Waals surface area contributed by atoms with Gasteiger partial charge in [0.2, 0.25) is 0 Å². The van der Waals surface area contributed by atoms with Gasteiger partial charge >= 0.3 is 0 Å². The van der Waals surface area contributed by atoms with Gasteiger partial charge in [0, 0.05) is 105 Å². The van der Waals surface area contributed by atoms with Gasteiger partial charge in [-0.1, -0.05) is 388 Å². The first-order chi connectivity index (χ1) is 68.3. The van der Waals surface area contributed by atoms with E-state index in [4.69, 9.17) is 54.8 Å². The Morgan fingerprint density at radius 2 is 0.399 bits per heavy atom. The fourth-order valence-corrected chi connectivity index (χ4v) is 21.3. The van der Waals surface area contributed by atoms with E-state index in [9.17, 15) is 0 Å². The van der Waals surface area contributed by atoms with Gasteiger partial charge in [0.05, 0.1) is 42.5 Å². The average molecular weight is 1800 g/mol. The van der Waals surface area contributed by atoms with Gasteiger partial charge in [-0.25, -0.2) is 54.8 Å². The first-order valence-electron chi connectivity index (χ1n) is 45.9. The Bertz CT molecular complexity index is 9040. The van der Waals surface area contributed by atoms with Crippen LogP contribution in [0.15, 0.2) is 455 Å². The summed E-state index contributed by atoms with van der Waals surface area (Å²) < 4.78 is 7.20. The van der Waals surface area contributed by atoms with Gasteiger partial charge < -0.3 is 8.80 Å². The number of nitrogens with zero attached hydrogens (tertiary/aromatic N) is 13. The van der Waals surface area contributed by atoms with E-state index in [0.717, 1.165) is 126 Å². The van der Waals surface area contributed by atoms with Gasteiger partial charge in [-0.05, 0) is 121 Å². The topological polar surface area (TPSA) is 151 Å². The summed E-state index contributed by atoms with van der Waals surface area (Å²) in [7, 11) is 0. The Labute approximate surface area is 798 Å². The van der Waals surface area contributed by atoms with Crippen molar-refractivity contribution in [3.8, 4) is 124 Å². The van der Waals surface area contributed by atoms with Crippen molar-refractivity contribution in [2.45, 2.75) is 0 Å². The number of rotatable bonds is 11. The lowest BCUT2D eigenvalue weighted by molar-refractivity contribution is 1.07. The van der Waals surface area contributed by atoms with Crippen LogP contribution in [0, 0.1) is 0 Å². The summed E-state index contributed by atoms with van der Waals surface area (Å²) in [6, 6.07) is 159. The molecule has 20 aromatic carbocycles. The molecule has 644 valence electrons. The Balaban J connectivity index is 0.000000109. The molecule has 6 bridgehead atoms. The van der Waals surface area contributed by atoms with E-state index in [-0.39, 0.29) is 0 Å². The third-order valence-corrected chi connectivity index (χ3v) is 28.1. The van der Waals surface area contributed by atoms with Crippen molar-refractivity contribution in [2.24, 2.45) is 0 Å². The maximum absolute atomic E-state index is 5.22. The lowest BCUT2D eigenvalue weighted by atomic mass is 9.99. The normalized spacial score (nSPS) is 11.6. The Hall–Kier alpha value is -18.2. The summed E-state index contributed by atoms with van der Waals surface area (Å²) in [6.07, 6.45) is 0. The molecule has 28 aromatic rings. The second kappa shape index (κ2) is 34.2. The van der Waals surface area contributed by atoms with Gasteiger partial charge in [-0.15, -0.1) is 22.7 Å². The van der Waals surface area contributed by atoms with E-state index >= 15 is 0 Å². The minimum atomic E-state index is 0.612. The fourth-order valence-electron chi connectivity index (χ4n) is 19.4. The van der Waals surface area contributed by atoms with Gasteiger partial charge in [0.25, 0.3) is 0 Å². The first kappa shape index (κ1) is 80.7. The Morgan fingerprint density at radius 1 is 0.152 bits per heavy atom. The Kier molecular flexibility index (Phi) is 20.0. The lowest BCUT2D eigenvalue weighted by Crippen LogP contribution is -2.00. The minimum absolute atomic E-state index is 0.612. The van der Waals surface area contributed by atoms with Crippen molar-refractivity contribution in [2.75, 3.05) is 0 Å². The number of hydrogen-bond acceptors (Lipinski definition) is 13. The van der Waals surface area contributed by atoms with Gasteiger partial charge in [-0.3, -0.25) is 0 Å². The molecule has 0 radical (unpaired) electrons. The molecule has 0 atom stereocenters. The molecule has 0 amide bonds. The number of aromatic nitrogens is 13. The molecule has 8 aromatic heterocycles. The maximum atomic E-state index is 5.22. The highest BCUT2D eigenvalue weighted by molar-refractivity contribution is 7.22. The second-order valence-corrected chi connectivity index (χ2v) is 36.4. The molecular weight excluding hydrogens is 1720 g/mol. The van der Waals surface area contributed by atoms with E-state index in [1.165, 1.54) is 84.8 Å². The van der Waals surface area contributed by atoms with Crippen LogP contribution in [0.5, 0.6) is 0 Å². The highest BCUT2D eigenvalue weighted by atomic mass is 32.1. The predicted molar refractivity (Wildman–Crippen MR) is 571 cm³/mol. The minimum Gasteiger partial charge on any atom is -0.309 e. The number of fused-ring (bicyclic) bond motifs is 25. The summed E-state index contributed by atoms with van der Waals surface area (Å²) in [6.45, 7) is 0. The van der Waals surface area contributed by atoms with Crippen LogP contribution in [0.3, 0.4) is 0 Å². The zero-order chi connectivity index (χ0) is 91.1. The molecule has 15 heteroatoms. The maximum Gasteiger partial charge on any atom is 0.164 e. The van der Waals surface area contributed by atoms with Crippen molar-refractivity contribution in [3.63, 3.8) is 0 Å². The third kappa shape index (κ3) is 14.7. The van der Waals surface area contributed by atoms with E-state index in [2.05, 4.69) is 294 Å². The second-order valence-electron chi connectivity index (χ2n) is 34.4. The van der Waals surface area contributed by atoms with E-state index in [1.54, 1.807) is 22.7 Å². The van der Waals surface area contributed by atoms with E-state index in [0.29, 0.717) is 52.4 Å².